The molecule has 90 valence electrons. The molecule has 0 fully saturated rings. The van der Waals surface area contributed by atoms with Gasteiger partial charge in [0.25, 0.3) is 0 Å². The molecule has 0 spiro atoms. The van der Waals surface area contributed by atoms with Gasteiger partial charge in [-0.25, -0.2) is 4.68 Å². The van der Waals surface area contributed by atoms with Crippen LogP contribution in [0, 0.1) is 0 Å². The van der Waals surface area contributed by atoms with Crippen LogP contribution in [0.3, 0.4) is 0 Å². The van der Waals surface area contributed by atoms with E-state index in [1.54, 1.807) is 10.9 Å². The minimum atomic E-state index is 0.0753. The molecule has 0 bridgehead atoms. The molecule has 0 aliphatic rings. The second-order valence-corrected chi connectivity index (χ2v) is 3.66. The van der Waals surface area contributed by atoms with Gasteiger partial charge in [0.15, 0.2) is 0 Å². The van der Waals surface area contributed by atoms with Gasteiger partial charge >= 0.3 is 0 Å². The van der Waals surface area contributed by atoms with Crippen molar-refractivity contribution in [3.8, 4) is 0 Å². The first kappa shape index (κ1) is 11.7. The summed E-state index contributed by atoms with van der Waals surface area (Å²) in [7, 11) is 0. The van der Waals surface area contributed by atoms with Gasteiger partial charge in [-0.05, 0) is 11.6 Å². The first-order chi connectivity index (χ1) is 8.38. The van der Waals surface area contributed by atoms with Crippen LogP contribution in [0.2, 0.25) is 0 Å². The van der Waals surface area contributed by atoms with E-state index in [-0.39, 0.29) is 6.61 Å². The van der Waals surface area contributed by atoms with Gasteiger partial charge in [0, 0.05) is 31.7 Å². The Bertz CT molecular complexity index is 442. The largest absolute Gasteiger partial charge is 0.394 e. The zero-order valence-electron chi connectivity index (χ0n) is 9.45. The highest BCUT2D eigenvalue weighted by atomic mass is 16.3. The normalized spacial score (nSPS) is 10.6. The number of rotatable bonds is 6. The lowest BCUT2D eigenvalue weighted by Gasteiger charge is -2.01. The van der Waals surface area contributed by atoms with Gasteiger partial charge in [-0.1, -0.05) is 11.3 Å². The van der Waals surface area contributed by atoms with E-state index in [0.717, 1.165) is 17.8 Å². The van der Waals surface area contributed by atoms with Gasteiger partial charge in [0.1, 0.15) is 0 Å². The first-order valence-electron chi connectivity index (χ1n) is 5.48. The van der Waals surface area contributed by atoms with Crippen molar-refractivity contribution in [3.63, 3.8) is 0 Å². The second-order valence-electron chi connectivity index (χ2n) is 3.66. The van der Waals surface area contributed by atoms with Crippen LogP contribution in [0.4, 0.5) is 0 Å². The van der Waals surface area contributed by atoms with Crippen molar-refractivity contribution in [1.82, 2.24) is 25.3 Å². The number of pyridine rings is 1. The number of aromatic nitrogens is 4. The highest BCUT2D eigenvalue weighted by Gasteiger charge is 1.99. The van der Waals surface area contributed by atoms with Crippen molar-refractivity contribution in [2.45, 2.75) is 19.6 Å². The van der Waals surface area contributed by atoms with Crippen LogP contribution in [-0.4, -0.2) is 31.7 Å². The highest BCUT2D eigenvalue weighted by Crippen LogP contribution is 1.97. The second kappa shape index (κ2) is 6.07. The highest BCUT2D eigenvalue weighted by molar-refractivity contribution is 5.08. The monoisotopic (exact) mass is 233 g/mol. The van der Waals surface area contributed by atoms with Gasteiger partial charge in [0.05, 0.1) is 18.8 Å². The molecule has 0 amide bonds. The van der Waals surface area contributed by atoms with E-state index >= 15 is 0 Å². The molecule has 0 aliphatic heterocycles. The summed E-state index contributed by atoms with van der Waals surface area (Å²) in [4.78, 5) is 4.04. The third-order valence-corrected chi connectivity index (χ3v) is 2.27. The van der Waals surface area contributed by atoms with Crippen LogP contribution in [0.25, 0.3) is 0 Å². The Morgan fingerprint density at radius 1 is 1.35 bits per heavy atom. The van der Waals surface area contributed by atoms with Crippen LogP contribution in [-0.2, 0) is 19.6 Å². The van der Waals surface area contributed by atoms with E-state index in [1.165, 1.54) is 0 Å². The van der Waals surface area contributed by atoms with Crippen LogP contribution < -0.4 is 5.32 Å². The number of nitrogens with one attached hydrogen (secondary N) is 1. The van der Waals surface area contributed by atoms with Crippen molar-refractivity contribution in [2.75, 3.05) is 6.61 Å². The summed E-state index contributed by atoms with van der Waals surface area (Å²) in [6.45, 7) is 1.96. The summed E-state index contributed by atoms with van der Waals surface area (Å²) >= 11 is 0. The molecule has 6 heteroatoms. The molecule has 2 N–H and O–H groups in total. The molecule has 0 atom stereocenters. The number of hydrogen-bond donors (Lipinski definition) is 2. The van der Waals surface area contributed by atoms with E-state index in [1.807, 2.05) is 24.5 Å². The smallest absolute Gasteiger partial charge is 0.0964 e. The Hall–Kier alpha value is -1.79. The molecule has 0 saturated heterocycles. The van der Waals surface area contributed by atoms with Crippen LogP contribution in [0.15, 0.2) is 30.7 Å². The summed E-state index contributed by atoms with van der Waals surface area (Å²) in [6.07, 6.45) is 5.41. The first-order valence-corrected chi connectivity index (χ1v) is 5.48. The van der Waals surface area contributed by atoms with Crippen molar-refractivity contribution in [1.29, 1.82) is 0 Å². The fraction of sp³-hybridized carbons (Fsp3) is 0.364. The summed E-state index contributed by atoms with van der Waals surface area (Å²) in [5.74, 6) is 0. The third kappa shape index (κ3) is 3.61. The number of hydrogen-bond acceptors (Lipinski definition) is 5. The Morgan fingerprint density at radius 3 is 3.06 bits per heavy atom. The number of aliphatic hydroxyl groups excluding tert-OH is 1. The molecule has 0 aromatic carbocycles. The molecule has 0 saturated carbocycles. The molecule has 17 heavy (non-hydrogen) atoms. The molecule has 0 radical (unpaired) electrons. The average Bonchev–Trinajstić information content (AvgIpc) is 2.79. The molecular formula is C11H15N5O. The maximum absolute atomic E-state index is 8.74. The van der Waals surface area contributed by atoms with Crippen LogP contribution in [0.5, 0.6) is 0 Å². The van der Waals surface area contributed by atoms with Crippen molar-refractivity contribution in [3.05, 3.63) is 42.0 Å². The maximum Gasteiger partial charge on any atom is 0.0964 e. The fourth-order valence-electron chi connectivity index (χ4n) is 1.47. The number of nitrogens with zero attached hydrogens (tertiary/aromatic N) is 4. The van der Waals surface area contributed by atoms with Crippen LogP contribution >= 0.6 is 0 Å². The molecule has 2 heterocycles. The predicted molar refractivity (Wildman–Crippen MR) is 61.9 cm³/mol. The standard InChI is InChI=1S/C11H15N5O/c17-5-4-16-9-11(14-15-16)8-13-7-10-2-1-3-12-6-10/h1-3,6,9,13,17H,4-5,7-8H2. The zero-order valence-corrected chi connectivity index (χ0v) is 9.45. The SMILES string of the molecule is OCCn1cc(CNCc2cccnc2)nn1. The van der Waals surface area contributed by atoms with E-state index in [0.29, 0.717) is 13.1 Å². The topological polar surface area (TPSA) is 75.9 Å². The summed E-state index contributed by atoms with van der Waals surface area (Å²) in [5, 5.41) is 19.9. The molecular weight excluding hydrogens is 218 g/mol. The molecule has 6 nitrogen and oxygen atoms in total. The lowest BCUT2D eigenvalue weighted by Crippen LogP contribution is -2.13. The summed E-state index contributed by atoms with van der Waals surface area (Å²) < 4.78 is 1.63. The fourth-order valence-corrected chi connectivity index (χ4v) is 1.47. The molecule has 0 unspecified atom stereocenters. The van der Waals surface area contributed by atoms with Gasteiger partial charge in [-0.15, -0.1) is 5.10 Å². The Morgan fingerprint density at radius 2 is 2.29 bits per heavy atom. The van der Waals surface area contributed by atoms with Crippen molar-refractivity contribution < 1.29 is 5.11 Å². The van der Waals surface area contributed by atoms with E-state index in [9.17, 15) is 0 Å². The van der Waals surface area contributed by atoms with Gasteiger partial charge in [0.2, 0.25) is 0 Å². The van der Waals surface area contributed by atoms with E-state index < -0.39 is 0 Å². The Labute approximate surface area is 99.3 Å². The third-order valence-electron chi connectivity index (χ3n) is 2.27. The Balaban J connectivity index is 1.78. The molecule has 2 aromatic rings. The molecule has 2 rings (SSSR count). The van der Waals surface area contributed by atoms with Crippen LogP contribution in [0.1, 0.15) is 11.3 Å². The van der Waals surface area contributed by atoms with Crippen molar-refractivity contribution >= 4 is 0 Å². The summed E-state index contributed by atoms with van der Waals surface area (Å²) in [6, 6.07) is 3.93. The van der Waals surface area contributed by atoms with Gasteiger partial charge < -0.3 is 10.4 Å². The van der Waals surface area contributed by atoms with Crippen molar-refractivity contribution in [2.24, 2.45) is 0 Å². The number of aliphatic hydroxyl groups is 1. The average molecular weight is 233 g/mol. The molecule has 2 aromatic heterocycles. The predicted octanol–water partition coefficient (Wildman–Crippen LogP) is -0.0448. The quantitative estimate of drug-likeness (QED) is 0.732. The Kier molecular flexibility index (Phi) is 4.17. The van der Waals surface area contributed by atoms with Gasteiger partial charge in [-0.3, -0.25) is 4.98 Å². The van der Waals surface area contributed by atoms with E-state index in [2.05, 4.69) is 20.6 Å². The summed E-state index contributed by atoms with van der Waals surface area (Å²) in [5.41, 5.74) is 2.00. The van der Waals surface area contributed by atoms with Gasteiger partial charge in [-0.2, -0.15) is 0 Å². The molecule has 0 aliphatic carbocycles. The van der Waals surface area contributed by atoms with E-state index in [4.69, 9.17) is 5.11 Å². The maximum atomic E-state index is 8.74. The zero-order chi connectivity index (χ0) is 11.9. The minimum Gasteiger partial charge on any atom is -0.394 e. The lowest BCUT2D eigenvalue weighted by atomic mass is 10.3. The lowest BCUT2D eigenvalue weighted by molar-refractivity contribution is 0.268. The minimum absolute atomic E-state index is 0.0753.